The third-order valence-corrected chi connectivity index (χ3v) is 2.82. The van der Waals surface area contributed by atoms with Crippen LogP contribution in [0, 0.1) is 0 Å². The molecule has 2 aromatic rings. The van der Waals surface area contributed by atoms with E-state index in [1.807, 2.05) is 26.1 Å². The molecule has 0 fully saturated rings. The second-order valence-corrected chi connectivity index (χ2v) is 3.99. The van der Waals surface area contributed by atoms with Crippen LogP contribution in [0.1, 0.15) is 35.4 Å². The lowest BCUT2D eigenvalue weighted by atomic mass is 10.1. The largest absolute Gasteiger partial charge is 0.458 e. The molecule has 0 aliphatic carbocycles. The first kappa shape index (κ1) is 11.6. The van der Waals surface area contributed by atoms with Crippen molar-refractivity contribution >= 4 is 5.78 Å². The van der Waals surface area contributed by atoms with E-state index in [9.17, 15) is 4.79 Å². The maximum absolute atomic E-state index is 11.9. The molecule has 90 valence electrons. The van der Waals surface area contributed by atoms with Crippen LogP contribution in [-0.4, -0.2) is 15.6 Å². The maximum Gasteiger partial charge on any atom is 0.198 e. The van der Waals surface area contributed by atoms with E-state index in [1.165, 1.54) is 0 Å². The van der Waals surface area contributed by atoms with E-state index in [0.717, 1.165) is 17.9 Å². The molecule has 0 amide bonds. The van der Waals surface area contributed by atoms with Crippen LogP contribution in [0.3, 0.4) is 0 Å². The summed E-state index contributed by atoms with van der Waals surface area (Å²) in [6, 6.07) is 5.54. The number of aromatic nitrogens is 2. The summed E-state index contributed by atoms with van der Waals surface area (Å²) in [7, 11) is 1.88. The molecule has 0 aromatic carbocycles. The summed E-state index contributed by atoms with van der Waals surface area (Å²) in [5, 5.41) is 4.07. The van der Waals surface area contributed by atoms with E-state index in [-0.39, 0.29) is 5.78 Å². The van der Waals surface area contributed by atoms with Gasteiger partial charge >= 0.3 is 0 Å². The summed E-state index contributed by atoms with van der Waals surface area (Å²) in [6.45, 7) is 2.00. The van der Waals surface area contributed by atoms with Gasteiger partial charge in [-0.2, -0.15) is 5.10 Å². The van der Waals surface area contributed by atoms with Crippen molar-refractivity contribution in [3.05, 3.63) is 41.6 Å². The molecule has 0 aliphatic heterocycles. The Morgan fingerprint density at radius 3 is 2.82 bits per heavy atom. The minimum absolute atomic E-state index is 0.0471. The van der Waals surface area contributed by atoms with Crippen molar-refractivity contribution < 1.29 is 9.21 Å². The number of carbonyl (C=O) groups is 1. The molecule has 4 nitrogen and oxygen atoms in total. The topological polar surface area (TPSA) is 48.0 Å². The van der Waals surface area contributed by atoms with Crippen LogP contribution >= 0.6 is 0 Å². The minimum Gasteiger partial charge on any atom is -0.458 e. The van der Waals surface area contributed by atoms with Gasteiger partial charge in [-0.15, -0.1) is 0 Å². The Balaban J connectivity index is 1.95. The van der Waals surface area contributed by atoms with Crippen molar-refractivity contribution in [3.8, 4) is 0 Å². The van der Waals surface area contributed by atoms with Crippen molar-refractivity contribution in [2.75, 3.05) is 0 Å². The highest BCUT2D eigenvalue weighted by molar-refractivity contribution is 5.93. The molecule has 0 unspecified atom stereocenters. The zero-order chi connectivity index (χ0) is 12.3. The number of nitrogens with zero attached hydrogens (tertiary/aromatic N) is 2. The second kappa shape index (κ2) is 4.99. The van der Waals surface area contributed by atoms with Crippen molar-refractivity contribution in [3.63, 3.8) is 0 Å². The van der Waals surface area contributed by atoms with Crippen LogP contribution < -0.4 is 0 Å². The number of hydrogen-bond acceptors (Lipinski definition) is 3. The number of carbonyl (C=O) groups excluding carboxylic acids is 1. The Labute approximate surface area is 100 Å². The van der Waals surface area contributed by atoms with Gasteiger partial charge in [-0.1, -0.05) is 6.92 Å². The fourth-order valence-electron chi connectivity index (χ4n) is 1.73. The molecule has 2 rings (SSSR count). The van der Waals surface area contributed by atoms with E-state index < -0.39 is 0 Å². The molecular weight excluding hydrogens is 216 g/mol. The van der Waals surface area contributed by atoms with Crippen LogP contribution in [0.4, 0.5) is 0 Å². The van der Waals surface area contributed by atoms with Gasteiger partial charge in [0.05, 0.1) is 0 Å². The van der Waals surface area contributed by atoms with E-state index in [4.69, 9.17) is 4.42 Å². The summed E-state index contributed by atoms with van der Waals surface area (Å²) in [4.78, 5) is 11.9. The number of hydrogen-bond donors (Lipinski definition) is 0. The summed E-state index contributed by atoms with van der Waals surface area (Å²) in [5.41, 5.74) is 1.06. The highest BCUT2D eigenvalue weighted by Crippen LogP contribution is 2.12. The normalized spacial score (nSPS) is 10.7. The summed E-state index contributed by atoms with van der Waals surface area (Å²) in [6.07, 6.45) is 3.70. The molecule has 0 radical (unpaired) electrons. The highest BCUT2D eigenvalue weighted by atomic mass is 16.3. The fourth-order valence-corrected chi connectivity index (χ4v) is 1.73. The van der Waals surface area contributed by atoms with Crippen LogP contribution in [0.2, 0.25) is 0 Å². The molecule has 0 saturated carbocycles. The molecule has 2 heterocycles. The summed E-state index contributed by atoms with van der Waals surface area (Å²) < 4.78 is 7.21. The smallest absolute Gasteiger partial charge is 0.198 e. The van der Waals surface area contributed by atoms with Gasteiger partial charge < -0.3 is 4.42 Å². The van der Waals surface area contributed by atoms with Crippen LogP contribution in [0.25, 0.3) is 0 Å². The Kier molecular flexibility index (Phi) is 3.42. The first-order valence-electron chi connectivity index (χ1n) is 5.79. The first-order valence-corrected chi connectivity index (χ1v) is 5.79. The molecule has 0 bridgehead atoms. The lowest BCUT2D eigenvalue weighted by molar-refractivity contribution is 0.0954. The van der Waals surface area contributed by atoms with E-state index in [0.29, 0.717) is 18.6 Å². The van der Waals surface area contributed by atoms with Gasteiger partial charge in [0.1, 0.15) is 5.76 Å². The molecule has 17 heavy (non-hydrogen) atoms. The fraction of sp³-hybridized carbons (Fsp3) is 0.385. The van der Waals surface area contributed by atoms with Crippen LogP contribution in [-0.2, 0) is 19.9 Å². The van der Waals surface area contributed by atoms with Gasteiger partial charge in [-0.05, 0) is 24.6 Å². The molecular formula is C13H16N2O2. The molecule has 0 spiro atoms. The molecule has 0 aliphatic rings. The average Bonchev–Trinajstić information content (AvgIpc) is 2.94. The number of furan rings is 1. The standard InChI is InChI=1S/C13H16N2O2/c1-3-11-5-7-13(17-11)12(16)6-4-10-8-9-14-15(10)2/h5,7-9H,3-4,6H2,1-2H3. The lowest BCUT2D eigenvalue weighted by Gasteiger charge is -2.00. The first-order chi connectivity index (χ1) is 8.20. The van der Waals surface area contributed by atoms with Crippen molar-refractivity contribution in [1.29, 1.82) is 0 Å². The van der Waals surface area contributed by atoms with Crippen LogP contribution in [0.15, 0.2) is 28.8 Å². The predicted octanol–water partition coefficient (Wildman–Crippen LogP) is 2.39. The van der Waals surface area contributed by atoms with Gasteiger partial charge in [-0.25, -0.2) is 0 Å². The van der Waals surface area contributed by atoms with Crippen molar-refractivity contribution in [2.45, 2.75) is 26.2 Å². The van der Waals surface area contributed by atoms with Crippen molar-refractivity contribution in [2.24, 2.45) is 7.05 Å². The van der Waals surface area contributed by atoms with E-state index >= 15 is 0 Å². The molecule has 4 heteroatoms. The predicted molar refractivity (Wildman–Crippen MR) is 63.9 cm³/mol. The Bertz CT molecular complexity index is 511. The third-order valence-electron chi connectivity index (χ3n) is 2.82. The van der Waals surface area contributed by atoms with Crippen LogP contribution in [0.5, 0.6) is 0 Å². The molecule has 2 aromatic heterocycles. The number of rotatable bonds is 5. The number of Topliss-reactive ketones (excluding diaryl/α,β-unsaturated/α-hetero) is 1. The monoisotopic (exact) mass is 232 g/mol. The average molecular weight is 232 g/mol. The summed E-state index contributed by atoms with van der Waals surface area (Å²) in [5.74, 6) is 1.36. The molecule has 0 N–H and O–H groups in total. The number of ketones is 1. The van der Waals surface area contributed by atoms with Gasteiger partial charge in [-0.3, -0.25) is 9.48 Å². The summed E-state index contributed by atoms with van der Waals surface area (Å²) >= 11 is 0. The van der Waals surface area contributed by atoms with Gasteiger partial charge in [0, 0.05) is 31.8 Å². The molecule has 0 saturated heterocycles. The zero-order valence-corrected chi connectivity index (χ0v) is 10.1. The van der Waals surface area contributed by atoms with Gasteiger partial charge in [0.25, 0.3) is 0 Å². The zero-order valence-electron chi connectivity index (χ0n) is 10.1. The molecule has 0 atom stereocenters. The highest BCUT2D eigenvalue weighted by Gasteiger charge is 2.11. The van der Waals surface area contributed by atoms with E-state index in [2.05, 4.69) is 5.10 Å². The quantitative estimate of drug-likeness (QED) is 0.744. The Hall–Kier alpha value is -1.84. The lowest BCUT2D eigenvalue weighted by Crippen LogP contribution is -2.03. The Morgan fingerprint density at radius 2 is 2.24 bits per heavy atom. The third kappa shape index (κ3) is 2.64. The minimum atomic E-state index is 0.0471. The van der Waals surface area contributed by atoms with Gasteiger partial charge in [0.15, 0.2) is 11.5 Å². The number of aryl methyl sites for hydroxylation is 3. The Morgan fingerprint density at radius 1 is 1.41 bits per heavy atom. The van der Waals surface area contributed by atoms with Gasteiger partial charge in [0.2, 0.25) is 0 Å². The SMILES string of the molecule is CCc1ccc(C(=O)CCc2ccnn2C)o1. The van der Waals surface area contributed by atoms with Crippen molar-refractivity contribution in [1.82, 2.24) is 9.78 Å². The van der Waals surface area contributed by atoms with E-state index in [1.54, 1.807) is 16.9 Å². The second-order valence-electron chi connectivity index (χ2n) is 3.99. The maximum atomic E-state index is 11.9.